The van der Waals surface area contributed by atoms with E-state index >= 15 is 0 Å². The van der Waals surface area contributed by atoms with Crippen LogP contribution in [0.25, 0.3) is 16.8 Å². The Morgan fingerprint density at radius 1 is 0.966 bits per heavy atom. The van der Waals surface area contributed by atoms with E-state index in [0.29, 0.717) is 10.1 Å². The molecule has 5 rings (SSSR count). The molecule has 0 N–H and O–H groups in total. The van der Waals surface area contributed by atoms with Gasteiger partial charge in [0, 0.05) is 26.2 Å². The van der Waals surface area contributed by atoms with Crippen LogP contribution in [0.2, 0.25) is 5.15 Å². The number of piperazine rings is 1. The van der Waals surface area contributed by atoms with Crippen LogP contribution in [0.1, 0.15) is 5.56 Å². The Labute approximate surface area is 181 Å². The van der Waals surface area contributed by atoms with Crippen molar-refractivity contribution in [2.24, 2.45) is 4.99 Å². The average Bonchev–Trinajstić information content (AvgIpc) is 3.34. The van der Waals surface area contributed by atoms with Crippen molar-refractivity contribution >= 4 is 68.8 Å². The monoisotopic (exact) mass is 441 g/mol. The van der Waals surface area contributed by atoms with Gasteiger partial charge in [0.15, 0.2) is 16.1 Å². The van der Waals surface area contributed by atoms with Crippen LogP contribution in [0.15, 0.2) is 52.4 Å². The second-order valence-corrected chi connectivity index (χ2v) is 8.63. The SMILES string of the molecule is O=C1N=C(N2CCN(c3nsnc3Cl)CC2)SC1=Cc1cccc2ccccc12. The summed E-state index contributed by atoms with van der Waals surface area (Å²) in [5.41, 5.74) is 1.03. The fourth-order valence-corrected chi connectivity index (χ4v) is 5.26. The topological polar surface area (TPSA) is 61.7 Å². The van der Waals surface area contributed by atoms with Crippen molar-refractivity contribution in [3.63, 3.8) is 0 Å². The highest BCUT2D eigenvalue weighted by atomic mass is 35.5. The van der Waals surface area contributed by atoms with Gasteiger partial charge >= 0.3 is 0 Å². The first-order valence-corrected chi connectivity index (χ1v) is 11.1. The number of halogens is 1. The zero-order valence-electron chi connectivity index (χ0n) is 15.3. The summed E-state index contributed by atoms with van der Waals surface area (Å²) in [6.07, 6.45) is 1.95. The first kappa shape index (κ1) is 18.6. The molecule has 2 aromatic carbocycles. The normalized spacial score (nSPS) is 18.7. The number of anilines is 1. The molecule has 2 aliphatic heterocycles. The third-order valence-corrected chi connectivity index (χ3v) is 6.92. The predicted molar refractivity (Wildman–Crippen MR) is 121 cm³/mol. The lowest BCUT2D eigenvalue weighted by Gasteiger charge is -2.35. The summed E-state index contributed by atoms with van der Waals surface area (Å²) in [4.78, 5) is 21.7. The van der Waals surface area contributed by atoms with Crippen LogP contribution in [0.4, 0.5) is 5.82 Å². The molecule has 0 atom stereocenters. The quantitative estimate of drug-likeness (QED) is 0.557. The Morgan fingerprint density at radius 3 is 2.52 bits per heavy atom. The van der Waals surface area contributed by atoms with Gasteiger partial charge in [0.2, 0.25) is 0 Å². The standard InChI is InChI=1S/C20H16ClN5OS2/c21-17-18(24-29-23-17)25-8-10-26(11-9-25)20-22-19(27)16(28-20)12-14-6-3-5-13-4-1-2-7-15(13)14/h1-7,12H,8-11H2. The Balaban J connectivity index is 1.31. The second kappa shape index (κ2) is 7.78. The fourth-order valence-electron chi connectivity index (χ4n) is 3.52. The molecule has 1 aromatic heterocycles. The Morgan fingerprint density at radius 2 is 1.72 bits per heavy atom. The molecule has 1 fully saturated rings. The molecule has 3 heterocycles. The van der Waals surface area contributed by atoms with Gasteiger partial charge in [-0.3, -0.25) is 4.79 Å². The van der Waals surface area contributed by atoms with Gasteiger partial charge in [0.25, 0.3) is 5.91 Å². The van der Waals surface area contributed by atoms with Crippen molar-refractivity contribution in [1.82, 2.24) is 13.6 Å². The molecule has 29 heavy (non-hydrogen) atoms. The fraction of sp³-hybridized carbons (Fsp3) is 0.200. The van der Waals surface area contributed by atoms with Gasteiger partial charge in [0.1, 0.15) is 0 Å². The van der Waals surface area contributed by atoms with E-state index < -0.39 is 0 Å². The molecule has 1 saturated heterocycles. The highest BCUT2D eigenvalue weighted by Gasteiger charge is 2.29. The van der Waals surface area contributed by atoms with Gasteiger partial charge in [-0.25, -0.2) is 0 Å². The lowest BCUT2D eigenvalue weighted by atomic mass is 10.0. The van der Waals surface area contributed by atoms with Crippen molar-refractivity contribution in [2.45, 2.75) is 0 Å². The minimum absolute atomic E-state index is 0.174. The third kappa shape index (κ3) is 3.63. The molecule has 0 radical (unpaired) electrons. The minimum atomic E-state index is -0.174. The van der Waals surface area contributed by atoms with E-state index in [9.17, 15) is 4.79 Å². The van der Waals surface area contributed by atoms with E-state index in [0.717, 1.165) is 65.2 Å². The van der Waals surface area contributed by atoms with Crippen LogP contribution >= 0.6 is 35.1 Å². The number of carbonyl (C=O) groups excluding carboxylic acids is 1. The second-order valence-electron chi connectivity index (χ2n) is 6.73. The van der Waals surface area contributed by atoms with E-state index in [2.05, 4.69) is 41.7 Å². The number of benzene rings is 2. The summed E-state index contributed by atoms with van der Waals surface area (Å²) in [6.45, 7) is 3.05. The summed E-state index contributed by atoms with van der Waals surface area (Å²) in [5, 5.41) is 3.51. The van der Waals surface area contributed by atoms with Gasteiger partial charge in [-0.2, -0.15) is 13.7 Å². The maximum Gasteiger partial charge on any atom is 0.286 e. The van der Waals surface area contributed by atoms with Crippen LogP contribution < -0.4 is 4.90 Å². The highest BCUT2D eigenvalue weighted by Crippen LogP contribution is 2.33. The van der Waals surface area contributed by atoms with E-state index in [1.54, 1.807) is 0 Å². The van der Waals surface area contributed by atoms with E-state index in [1.807, 2.05) is 30.3 Å². The number of aliphatic imine (C=N–C) groups is 1. The van der Waals surface area contributed by atoms with Crippen LogP contribution in [0.5, 0.6) is 0 Å². The number of fused-ring (bicyclic) bond motifs is 1. The van der Waals surface area contributed by atoms with E-state index in [4.69, 9.17) is 11.6 Å². The highest BCUT2D eigenvalue weighted by molar-refractivity contribution is 8.18. The Kier molecular flexibility index (Phi) is 4.99. The van der Waals surface area contributed by atoms with E-state index in [1.165, 1.54) is 11.8 Å². The van der Waals surface area contributed by atoms with Gasteiger partial charge < -0.3 is 9.80 Å². The van der Waals surface area contributed by atoms with Crippen molar-refractivity contribution < 1.29 is 4.79 Å². The van der Waals surface area contributed by atoms with Crippen molar-refractivity contribution in [1.29, 1.82) is 0 Å². The van der Waals surface area contributed by atoms with Crippen LogP contribution in [-0.4, -0.2) is 50.9 Å². The van der Waals surface area contributed by atoms with Gasteiger partial charge in [-0.15, -0.1) is 0 Å². The molecule has 0 aliphatic carbocycles. The average molecular weight is 442 g/mol. The number of amides is 1. The van der Waals surface area contributed by atoms with Crippen LogP contribution in [-0.2, 0) is 4.79 Å². The number of hydrogen-bond donors (Lipinski definition) is 0. The summed E-state index contributed by atoms with van der Waals surface area (Å²) >= 11 is 8.66. The smallest absolute Gasteiger partial charge is 0.286 e. The lowest BCUT2D eigenvalue weighted by molar-refractivity contribution is -0.113. The summed E-state index contributed by atoms with van der Waals surface area (Å²) in [6, 6.07) is 14.3. The van der Waals surface area contributed by atoms with Crippen molar-refractivity contribution in [3.8, 4) is 0 Å². The molecule has 0 saturated carbocycles. The van der Waals surface area contributed by atoms with Crippen molar-refractivity contribution in [2.75, 3.05) is 31.1 Å². The first-order chi connectivity index (χ1) is 14.2. The van der Waals surface area contributed by atoms with Crippen molar-refractivity contribution in [3.05, 3.63) is 58.1 Å². The number of aromatic nitrogens is 2. The number of thioether (sulfide) groups is 1. The molecular formula is C20H16ClN5OS2. The van der Waals surface area contributed by atoms with E-state index in [-0.39, 0.29) is 5.91 Å². The zero-order valence-corrected chi connectivity index (χ0v) is 17.7. The number of amidine groups is 1. The number of nitrogens with zero attached hydrogens (tertiary/aromatic N) is 5. The molecule has 2 aliphatic rings. The summed E-state index contributed by atoms with van der Waals surface area (Å²) < 4.78 is 8.30. The summed E-state index contributed by atoms with van der Waals surface area (Å²) in [5.74, 6) is 0.567. The Bertz CT molecular complexity index is 1150. The van der Waals surface area contributed by atoms with Gasteiger partial charge in [-0.05, 0) is 34.2 Å². The third-order valence-electron chi connectivity index (χ3n) is 5.00. The maximum atomic E-state index is 12.5. The summed E-state index contributed by atoms with van der Waals surface area (Å²) in [7, 11) is 0. The Hall–Kier alpha value is -2.42. The molecule has 6 nitrogen and oxygen atoms in total. The number of rotatable bonds is 2. The molecule has 0 unspecified atom stereocenters. The molecule has 0 bridgehead atoms. The molecule has 0 spiro atoms. The molecule has 9 heteroatoms. The van der Waals surface area contributed by atoms with Gasteiger partial charge in [0.05, 0.1) is 16.6 Å². The zero-order chi connectivity index (χ0) is 19.8. The minimum Gasteiger partial charge on any atom is -0.350 e. The predicted octanol–water partition coefficient (Wildman–Crippen LogP) is 4.14. The largest absolute Gasteiger partial charge is 0.350 e. The number of carbonyl (C=O) groups is 1. The van der Waals surface area contributed by atoms with Gasteiger partial charge in [-0.1, -0.05) is 54.1 Å². The molecule has 1 amide bonds. The van der Waals surface area contributed by atoms with Crippen LogP contribution in [0, 0.1) is 0 Å². The van der Waals surface area contributed by atoms with Crippen LogP contribution in [0.3, 0.4) is 0 Å². The number of hydrogen-bond acceptors (Lipinski definition) is 7. The molecular weight excluding hydrogens is 426 g/mol. The lowest BCUT2D eigenvalue weighted by Crippen LogP contribution is -2.48. The first-order valence-electron chi connectivity index (χ1n) is 9.17. The molecule has 3 aromatic rings. The molecule has 146 valence electrons. The maximum absolute atomic E-state index is 12.5.